The van der Waals surface area contributed by atoms with Gasteiger partial charge in [-0.3, -0.25) is 4.79 Å². The molecule has 4 atom stereocenters. The first kappa shape index (κ1) is 12.9. The molecule has 1 aromatic rings. The van der Waals surface area contributed by atoms with Gasteiger partial charge in [0.2, 0.25) is 5.91 Å². The van der Waals surface area contributed by atoms with Gasteiger partial charge in [0.05, 0.1) is 12.0 Å². The van der Waals surface area contributed by atoms with Gasteiger partial charge in [-0.1, -0.05) is 23.7 Å². The molecule has 19 heavy (non-hydrogen) atoms. The molecule has 3 rings (SSSR count). The summed E-state index contributed by atoms with van der Waals surface area (Å²) < 4.78 is 0. The van der Waals surface area contributed by atoms with Crippen LogP contribution in [0, 0.1) is 5.92 Å². The van der Waals surface area contributed by atoms with Crippen LogP contribution in [0.1, 0.15) is 37.8 Å². The lowest BCUT2D eigenvalue weighted by Gasteiger charge is -2.22. The van der Waals surface area contributed by atoms with Crippen LogP contribution in [0.25, 0.3) is 0 Å². The molecule has 0 aromatic heterocycles. The van der Waals surface area contributed by atoms with E-state index in [2.05, 4.69) is 10.6 Å². The molecule has 4 heteroatoms. The zero-order valence-electron chi connectivity index (χ0n) is 11.0. The summed E-state index contributed by atoms with van der Waals surface area (Å²) in [4.78, 5) is 12.3. The molecule has 3 unspecified atom stereocenters. The van der Waals surface area contributed by atoms with Crippen LogP contribution in [0.3, 0.4) is 0 Å². The van der Waals surface area contributed by atoms with Crippen molar-refractivity contribution in [1.29, 1.82) is 0 Å². The molecule has 2 bridgehead atoms. The third-order valence-electron chi connectivity index (χ3n) is 4.34. The van der Waals surface area contributed by atoms with Gasteiger partial charge in [0.15, 0.2) is 0 Å². The van der Waals surface area contributed by atoms with Crippen LogP contribution in [0.4, 0.5) is 0 Å². The Morgan fingerprint density at radius 3 is 2.95 bits per heavy atom. The highest BCUT2D eigenvalue weighted by Gasteiger charge is 2.42. The quantitative estimate of drug-likeness (QED) is 0.892. The summed E-state index contributed by atoms with van der Waals surface area (Å²) in [6.07, 6.45) is 3.34. The molecular weight excluding hydrogens is 260 g/mol. The zero-order valence-corrected chi connectivity index (χ0v) is 11.8. The summed E-state index contributed by atoms with van der Waals surface area (Å²) in [6, 6.07) is 8.62. The smallest absolute Gasteiger partial charge is 0.225 e. The van der Waals surface area contributed by atoms with Gasteiger partial charge in [0.1, 0.15) is 0 Å². The Kier molecular flexibility index (Phi) is 3.50. The molecule has 2 saturated heterocycles. The second-order valence-electron chi connectivity index (χ2n) is 5.67. The van der Waals surface area contributed by atoms with Crippen LogP contribution < -0.4 is 10.6 Å². The van der Waals surface area contributed by atoms with E-state index in [0.717, 1.165) is 18.4 Å². The molecule has 0 spiro atoms. The Morgan fingerprint density at radius 2 is 2.32 bits per heavy atom. The lowest BCUT2D eigenvalue weighted by molar-refractivity contribution is -0.126. The molecule has 1 amide bonds. The molecule has 0 saturated carbocycles. The maximum Gasteiger partial charge on any atom is 0.225 e. The van der Waals surface area contributed by atoms with Crippen LogP contribution in [0.5, 0.6) is 0 Å². The van der Waals surface area contributed by atoms with Gasteiger partial charge < -0.3 is 10.6 Å². The minimum absolute atomic E-state index is 0.00493. The van der Waals surface area contributed by atoms with Crippen molar-refractivity contribution in [1.82, 2.24) is 10.6 Å². The van der Waals surface area contributed by atoms with Crippen molar-refractivity contribution >= 4 is 17.5 Å². The predicted octanol–water partition coefficient (Wildman–Crippen LogP) is 2.66. The Labute approximate surface area is 118 Å². The lowest BCUT2D eigenvalue weighted by atomic mass is 9.88. The van der Waals surface area contributed by atoms with Gasteiger partial charge in [0, 0.05) is 17.1 Å². The summed E-state index contributed by atoms with van der Waals surface area (Å²) in [6.45, 7) is 2.00. The highest BCUT2D eigenvalue weighted by atomic mass is 35.5. The van der Waals surface area contributed by atoms with Gasteiger partial charge >= 0.3 is 0 Å². The van der Waals surface area contributed by atoms with Crippen LogP contribution >= 0.6 is 11.6 Å². The number of carbonyl (C=O) groups is 1. The summed E-state index contributed by atoms with van der Waals surface area (Å²) in [5, 5.41) is 7.32. The molecule has 1 aromatic carbocycles. The molecule has 2 aliphatic heterocycles. The van der Waals surface area contributed by atoms with Gasteiger partial charge in [-0.05, 0) is 43.9 Å². The standard InChI is InChI=1S/C15H19ClN2O/c1-9(10-3-2-4-11(16)7-10)17-15(19)13-8-12-5-6-14(13)18-12/h2-4,7,9,12-14,18H,5-6,8H2,1H3,(H,17,19)/t9-,12?,13?,14?/m0/s1. The summed E-state index contributed by atoms with van der Waals surface area (Å²) in [7, 11) is 0. The average molecular weight is 279 g/mol. The molecule has 0 aliphatic carbocycles. The largest absolute Gasteiger partial charge is 0.349 e. The topological polar surface area (TPSA) is 41.1 Å². The van der Waals surface area contributed by atoms with E-state index in [1.807, 2.05) is 31.2 Å². The lowest BCUT2D eigenvalue weighted by Crippen LogP contribution is -2.38. The van der Waals surface area contributed by atoms with Crippen LogP contribution in [-0.4, -0.2) is 18.0 Å². The fourth-order valence-electron chi connectivity index (χ4n) is 3.29. The first-order valence-electron chi connectivity index (χ1n) is 6.95. The van der Waals surface area contributed by atoms with Crippen LogP contribution in [0.15, 0.2) is 24.3 Å². The molecule has 2 aliphatic rings. The fourth-order valence-corrected chi connectivity index (χ4v) is 3.49. The summed E-state index contributed by atoms with van der Waals surface area (Å²) in [5.74, 6) is 0.313. The predicted molar refractivity (Wildman–Crippen MR) is 76.1 cm³/mol. The Bertz CT molecular complexity index is 491. The normalized spacial score (nSPS) is 30.3. The molecule has 2 fully saturated rings. The van der Waals surface area contributed by atoms with Crippen molar-refractivity contribution in [2.75, 3.05) is 0 Å². The number of amides is 1. The van der Waals surface area contributed by atoms with E-state index in [0.29, 0.717) is 17.1 Å². The molecule has 0 radical (unpaired) electrons. The van der Waals surface area contributed by atoms with Crippen LogP contribution in [-0.2, 0) is 4.79 Å². The number of fused-ring (bicyclic) bond motifs is 2. The number of halogens is 1. The highest BCUT2D eigenvalue weighted by molar-refractivity contribution is 6.30. The second-order valence-corrected chi connectivity index (χ2v) is 6.11. The third-order valence-corrected chi connectivity index (χ3v) is 4.58. The first-order valence-corrected chi connectivity index (χ1v) is 7.33. The summed E-state index contributed by atoms with van der Waals surface area (Å²) >= 11 is 5.98. The molecule has 3 nitrogen and oxygen atoms in total. The second kappa shape index (κ2) is 5.14. The Balaban J connectivity index is 1.63. The van der Waals surface area contributed by atoms with Crippen molar-refractivity contribution in [3.8, 4) is 0 Å². The number of carbonyl (C=O) groups excluding carboxylic acids is 1. The first-order chi connectivity index (χ1) is 9.13. The minimum Gasteiger partial charge on any atom is -0.349 e. The average Bonchev–Trinajstić information content (AvgIpc) is 3.00. The van der Waals surface area contributed by atoms with Gasteiger partial charge in [-0.15, -0.1) is 0 Å². The van der Waals surface area contributed by atoms with E-state index in [4.69, 9.17) is 11.6 Å². The Morgan fingerprint density at radius 1 is 1.47 bits per heavy atom. The van der Waals surface area contributed by atoms with E-state index in [-0.39, 0.29) is 17.9 Å². The zero-order chi connectivity index (χ0) is 13.4. The molecule has 2 heterocycles. The van der Waals surface area contributed by atoms with E-state index in [1.165, 1.54) is 6.42 Å². The number of rotatable bonds is 3. The number of hydrogen-bond donors (Lipinski definition) is 2. The highest BCUT2D eigenvalue weighted by Crippen LogP contribution is 2.33. The molecule has 102 valence electrons. The number of nitrogens with one attached hydrogen (secondary N) is 2. The van der Waals surface area contributed by atoms with Crippen molar-refractivity contribution in [3.63, 3.8) is 0 Å². The molecular formula is C15H19ClN2O. The third kappa shape index (κ3) is 2.63. The monoisotopic (exact) mass is 278 g/mol. The van der Waals surface area contributed by atoms with E-state index < -0.39 is 0 Å². The number of benzene rings is 1. The van der Waals surface area contributed by atoms with E-state index >= 15 is 0 Å². The summed E-state index contributed by atoms with van der Waals surface area (Å²) in [5.41, 5.74) is 1.05. The van der Waals surface area contributed by atoms with Gasteiger partial charge in [-0.2, -0.15) is 0 Å². The van der Waals surface area contributed by atoms with Crippen molar-refractivity contribution in [2.24, 2.45) is 5.92 Å². The van der Waals surface area contributed by atoms with Crippen molar-refractivity contribution < 1.29 is 4.79 Å². The van der Waals surface area contributed by atoms with E-state index in [9.17, 15) is 4.79 Å². The van der Waals surface area contributed by atoms with Crippen molar-refractivity contribution in [2.45, 2.75) is 44.3 Å². The minimum atomic E-state index is 0.00493. The maximum atomic E-state index is 12.3. The SMILES string of the molecule is C[C@H](NC(=O)C1CC2CCC1N2)c1cccc(Cl)c1. The van der Waals surface area contributed by atoms with Crippen LogP contribution in [0.2, 0.25) is 5.02 Å². The number of hydrogen-bond acceptors (Lipinski definition) is 2. The van der Waals surface area contributed by atoms with Crippen molar-refractivity contribution in [3.05, 3.63) is 34.9 Å². The van der Waals surface area contributed by atoms with Gasteiger partial charge in [0.25, 0.3) is 0 Å². The Hall–Kier alpha value is -1.06. The fraction of sp³-hybridized carbons (Fsp3) is 0.533. The van der Waals surface area contributed by atoms with E-state index in [1.54, 1.807) is 0 Å². The molecule has 2 N–H and O–H groups in total. The van der Waals surface area contributed by atoms with Gasteiger partial charge in [-0.25, -0.2) is 0 Å². The maximum absolute atomic E-state index is 12.3.